The van der Waals surface area contributed by atoms with Crippen molar-refractivity contribution in [2.75, 3.05) is 18.5 Å². The summed E-state index contributed by atoms with van der Waals surface area (Å²) in [6.45, 7) is -1.09. The predicted octanol–water partition coefficient (Wildman–Crippen LogP) is 2.88. The third kappa shape index (κ3) is 5.74. The highest BCUT2D eigenvalue weighted by Crippen LogP contribution is 2.27. The average Bonchev–Trinajstić information content (AvgIpc) is 3.28. The van der Waals surface area contributed by atoms with Gasteiger partial charge in [-0.1, -0.05) is 54.6 Å². The van der Waals surface area contributed by atoms with Gasteiger partial charge in [0.15, 0.2) is 6.61 Å². The van der Waals surface area contributed by atoms with E-state index in [2.05, 4.69) is 10.0 Å². The number of sulfonamides is 1. The van der Waals surface area contributed by atoms with Gasteiger partial charge in [-0.3, -0.25) is 9.59 Å². The van der Waals surface area contributed by atoms with Crippen LogP contribution in [-0.4, -0.2) is 33.4 Å². The van der Waals surface area contributed by atoms with Gasteiger partial charge in [0.1, 0.15) is 10.8 Å². The fourth-order valence-corrected chi connectivity index (χ4v) is 4.49. The van der Waals surface area contributed by atoms with Crippen molar-refractivity contribution in [1.29, 1.82) is 0 Å². The zero-order valence-electron chi connectivity index (χ0n) is 15.2. The molecule has 2 aromatic carbocycles. The molecule has 7 nitrogen and oxygen atoms in total. The Morgan fingerprint density at radius 3 is 2.38 bits per heavy atom. The highest BCUT2D eigenvalue weighted by molar-refractivity contribution is 7.91. The molecule has 1 heterocycles. The first-order valence-electron chi connectivity index (χ1n) is 8.59. The molecule has 0 aliphatic rings. The molecule has 1 amide bonds. The lowest BCUT2D eigenvalue weighted by Gasteiger charge is -2.11. The van der Waals surface area contributed by atoms with Crippen LogP contribution in [0.4, 0.5) is 5.69 Å². The highest BCUT2D eigenvalue weighted by Gasteiger charge is 2.17. The molecule has 0 radical (unpaired) electrons. The molecule has 2 N–H and O–H groups in total. The number of amides is 1. The van der Waals surface area contributed by atoms with Crippen molar-refractivity contribution in [3.63, 3.8) is 0 Å². The Hall–Kier alpha value is -3.01. The minimum atomic E-state index is -3.77. The number of esters is 1. The van der Waals surface area contributed by atoms with Crippen LogP contribution in [0.15, 0.2) is 76.3 Å². The molecule has 150 valence electrons. The SMILES string of the molecule is O=C(COC(=O)CNS(=O)(=O)c1cccs1)Nc1ccccc1-c1ccccc1. The molecule has 29 heavy (non-hydrogen) atoms. The number of carbonyl (C=O) groups excluding carboxylic acids is 2. The van der Waals surface area contributed by atoms with Crippen LogP contribution in [0.25, 0.3) is 11.1 Å². The van der Waals surface area contributed by atoms with Gasteiger partial charge in [0.05, 0.1) is 0 Å². The molecule has 0 unspecified atom stereocenters. The van der Waals surface area contributed by atoms with Gasteiger partial charge in [-0.05, 0) is 23.1 Å². The van der Waals surface area contributed by atoms with Crippen LogP contribution in [0.1, 0.15) is 0 Å². The summed E-state index contributed by atoms with van der Waals surface area (Å²) >= 11 is 1.03. The topological polar surface area (TPSA) is 102 Å². The monoisotopic (exact) mass is 430 g/mol. The number of hydrogen-bond acceptors (Lipinski definition) is 6. The van der Waals surface area contributed by atoms with Gasteiger partial charge >= 0.3 is 5.97 Å². The fraction of sp³-hybridized carbons (Fsp3) is 0.100. The third-order valence-corrected chi connectivity index (χ3v) is 6.62. The summed E-state index contributed by atoms with van der Waals surface area (Å²) < 4.78 is 31.0. The van der Waals surface area contributed by atoms with Crippen molar-refractivity contribution < 1.29 is 22.7 Å². The zero-order valence-corrected chi connectivity index (χ0v) is 16.8. The number of benzene rings is 2. The fourth-order valence-electron chi connectivity index (χ4n) is 2.49. The van der Waals surface area contributed by atoms with E-state index in [9.17, 15) is 18.0 Å². The number of hydrogen-bond donors (Lipinski definition) is 2. The first-order valence-corrected chi connectivity index (χ1v) is 10.9. The standard InChI is InChI=1S/C20H18N2O5S2/c23-18(14-27-19(24)13-21-29(25,26)20-11-6-12-28-20)22-17-10-5-4-9-16(17)15-7-2-1-3-8-15/h1-12,21H,13-14H2,(H,22,23). The number of para-hydroxylation sites is 1. The van der Waals surface area contributed by atoms with E-state index in [0.29, 0.717) is 5.69 Å². The normalized spacial score (nSPS) is 11.0. The molecule has 0 atom stereocenters. The van der Waals surface area contributed by atoms with Gasteiger partial charge < -0.3 is 10.1 Å². The molecule has 0 bridgehead atoms. The molecule has 0 aliphatic carbocycles. The van der Waals surface area contributed by atoms with Gasteiger partial charge in [-0.2, -0.15) is 4.72 Å². The summed E-state index contributed by atoms with van der Waals surface area (Å²) in [5, 5.41) is 4.32. The first-order chi connectivity index (χ1) is 14.0. The van der Waals surface area contributed by atoms with Crippen molar-refractivity contribution in [2.45, 2.75) is 4.21 Å². The summed E-state index contributed by atoms with van der Waals surface area (Å²) in [6.07, 6.45) is 0. The number of rotatable bonds is 8. The largest absolute Gasteiger partial charge is 0.455 e. The van der Waals surface area contributed by atoms with Crippen LogP contribution >= 0.6 is 11.3 Å². The Morgan fingerprint density at radius 2 is 1.66 bits per heavy atom. The summed E-state index contributed by atoms with van der Waals surface area (Å²) in [5.41, 5.74) is 2.35. The van der Waals surface area contributed by atoms with Crippen LogP contribution in [0.5, 0.6) is 0 Å². The van der Waals surface area contributed by atoms with E-state index in [0.717, 1.165) is 22.5 Å². The van der Waals surface area contributed by atoms with Crippen LogP contribution in [-0.2, 0) is 24.3 Å². The number of thiophene rings is 1. The Bertz CT molecular complexity index is 1080. The molecule has 0 saturated carbocycles. The predicted molar refractivity (Wildman–Crippen MR) is 111 cm³/mol. The second-order valence-electron chi connectivity index (χ2n) is 5.88. The Kier molecular flexibility index (Phi) is 6.76. The number of anilines is 1. The zero-order chi connectivity index (χ0) is 20.7. The molecule has 9 heteroatoms. The molecule has 0 aliphatic heterocycles. The molecular weight excluding hydrogens is 412 g/mol. The summed E-state index contributed by atoms with van der Waals surface area (Å²) in [7, 11) is -3.77. The van der Waals surface area contributed by atoms with E-state index >= 15 is 0 Å². The van der Waals surface area contributed by atoms with Crippen molar-refractivity contribution in [2.24, 2.45) is 0 Å². The van der Waals surface area contributed by atoms with E-state index in [-0.39, 0.29) is 4.21 Å². The minimum Gasteiger partial charge on any atom is -0.455 e. The molecule has 0 spiro atoms. The molecular formula is C20H18N2O5S2. The highest BCUT2D eigenvalue weighted by atomic mass is 32.2. The maximum Gasteiger partial charge on any atom is 0.321 e. The van der Waals surface area contributed by atoms with Crippen LogP contribution in [0.2, 0.25) is 0 Å². The van der Waals surface area contributed by atoms with E-state index in [1.54, 1.807) is 23.6 Å². The van der Waals surface area contributed by atoms with Crippen molar-refractivity contribution in [3.05, 3.63) is 72.1 Å². The summed E-state index contributed by atoms with van der Waals surface area (Å²) in [5.74, 6) is -1.38. The first kappa shape index (κ1) is 20.7. The molecule has 0 saturated heterocycles. The molecule has 0 fully saturated rings. The van der Waals surface area contributed by atoms with Gasteiger partial charge in [0.2, 0.25) is 0 Å². The Morgan fingerprint density at radius 1 is 0.931 bits per heavy atom. The molecule has 3 rings (SSSR count). The van der Waals surface area contributed by atoms with E-state index in [1.165, 1.54) is 6.07 Å². The quantitative estimate of drug-likeness (QED) is 0.535. The van der Waals surface area contributed by atoms with Crippen LogP contribution in [0.3, 0.4) is 0 Å². The van der Waals surface area contributed by atoms with Crippen molar-refractivity contribution in [3.8, 4) is 11.1 Å². The van der Waals surface area contributed by atoms with Gasteiger partial charge in [0, 0.05) is 11.3 Å². The maximum absolute atomic E-state index is 12.2. The summed E-state index contributed by atoms with van der Waals surface area (Å²) in [4.78, 5) is 23.9. The lowest BCUT2D eigenvalue weighted by Crippen LogP contribution is -2.32. The van der Waals surface area contributed by atoms with Crippen LogP contribution < -0.4 is 10.0 Å². The van der Waals surface area contributed by atoms with Gasteiger partial charge in [-0.15, -0.1) is 11.3 Å². The van der Waals surface area contributed by atoms with E-state index in [1.807, 2.05) is 42.5 Å². The third-order valence-electron chi connectivity index (χ3n) is 3.82. The Labute approximate surface area is 172 Å². The lowest BCUT2D eigenvalue weighted by molar-refractivity contribution is -0.146. The minimum absolute atomic E-state index is 0.0977. The number of nitrogens with one attached hydrogen (secondary N) is 2. The Balaban J connectivity index is 1.52. The maximum atomic E-state index is 12.2. The second kappa shape index (κ2) is 9.46. The van der Waals surface area contributed by atoms with E-state index in [4.69, 9.17) is 4.74 Å². The second-order valence-corrected chi connectivity index (χ2v) is 8.82. The lowest BCUT2D eigenvalue weighted by atomic mass is 10.0. The van der Waals surface area contributed by atoms with Gasteiger partial charge in [0.25, 0.3) is 15.9 Å². The van der Waals surface area contributed by atoms with Crippen molar-refractivity contribution in [1.82, 2.24) is 4.72 Å². The smallest absolute Gasteiger partial charge is 0.321 e. The summed E-state index contributed by atoms with van der Waals surface area (Å²) in [6, 6.07) is 19.8. The van der Waals surface area contributed by atoms with Gasteiger partial charge in [-0.25, -0.2) is 8.42 Å². The van der Waals surface area contributed by atoms with Crippen molar-refractivity contribution >= 4 is 38.9 Å². The van der Waals surface area contributed by atoms with E-state index < -0.39 is 35.1 Å². The molecule has 3 aromatic rings. The average molecular weight is 431 g/mol. The number of ether oxygens (including phenoxy) is 1. The molecule has 1 aromatic heterocycles. The number of carbonyl (C=O) groups is 2. The van der Waals surface area contributed by atoms with Crippen LogP contribution in [0, 0.1) is 0 Å².